The van der Waals surface area contributed by atoms with Gasteiger partial charge in [0.15, 0.2) is 12.1 Å². The summed E-state index contributed by atoms with van der Waals surface area (Å²) in [6, 6.07) is 0. The minimum atomic E-state index is -0.348. The summed E-state index contributed by atoms with van der Waals surface area (Å²) in [5.41, 5.74) is 1.85. The second-order valence-corrected chi connectivity index (χ2v) is 5.69. The Balaban J connectivity index is 2.32. The smallest absolute Gasteiger partial charge is 0.181 e. The summed E-state index contributed by atoms with van der Waals surface area (Å²) in [6.45, 7) is 10.9. The summed E-state index contributed by atoms with van der Waals surface area (Å²) in [5, 5.41) is 0. The molecule has 0 saturated carbocycles. The highest BCUT2D eigenvalue weighted by Crippen LogP contribution is 2.45. The Morgan fingerprint density at radius 2 is 2.24 bits per heavy atom. The van der Waals surface area contributed by atoms with Crippen molar-refractivity contribution >= 4 is 5.78 Å². The van der Waals surface area contributed by atoms with Crippen LogP contribution < -0.4 is 0 Å². The van der Waals surface area contributed by atoms with Crippen LogP contribution in [0.15, 0.2) is 23.8 Å². The van der Waals surface area contributed by atoms with Crippen LogP contribution >= 0.6 is 0 Å². The Hall–Kier alpha value is -0.930. The molecule has 0 N–H and O–H groups in total. The second kappa shape index (κ2) is 4.39. The molecule has 0 unspecified atom stereocenters. The van der Waals surface area contributed by atoms with Gasteiger partial charge in [0.05, 0.1) is 13.2 Å². The normalized spacial score (nSPS) is 28.8. The van der Waals surface area contributed by atoms with Gasteiger partial charge in [-0.25, -0.2) is 0 Å². The van der Waals surface area contributed by atoms with Crippen molar-refractivity contribution in [2.24, 2.45) is 11.3 Å². The third-order valence-electron chi connectivity index (χ3n) is 3.26. The Kier molecular flexibility index (Phi) is 3.23. The van der Waals surface area contributed by atoms with E-state index in [1.54, 1.807) is 6.08 Å². The number of carbonyl (C=O) groups is 1. The molecule has 17 heavy (non-hydrogen) atoms. The summed E-state index contributed by atoms with van der Waals surface area (Å²) in [5.74, 6) is 0.486. The van der Waals surface area contributed by atoms with Crippen molar-refractivity contribution in [2.75, 3.05) is 13.2 Å². The number of hydrogen-bond acceptors (Lipinski definition) is 3. The predicted octanol–water partition coefficient (Wildman–Crippen LogP) is 2.48. The van der Waals surface area contributed by atoms with Crippen LogP contribution in [0.5, 0.6) is 0 Å². The molecule has 1 aliphatic heterocycles. The third kappa shape index (κ3) is 2.22. The van der Waals surface area contributed by atoms with E-state index >= 15 is 0 Å². The molecule has 94 valence electrons. The molecule has 1 fully saturated rings. The molecule has 2 aliphatic rings. The van der Waals surface area contributed by atoms with E-state index in [-0.39, 0.29) is 23.4 Å². The molecule has 0 aromatic carbocycles. The molecule has 0 aromatic rings. The van der Waals surface area contributed by atoms with Crippen molar-refractivity contribution in [3.63, 3.8) is 0 Å². The molecular formula is C14H20O3. The Bertz CT molecular complexity index is 373. The van der Waals surface area contributed by atoms with Gasteiger partial charge in [-0.2, -0.15) is 0 Å². The molecule has 1 saturated heterocycles. The maximum atomic E-state index is 12.1. The van der Waals surface area contributed by atoms with E-state index in [0.717, 1.165) is 11.1 Å². The fraction of sp³-hybridized carbons (Fsp3) is 0.643. The van der Waals surface area contributed by atoms with Gasteiger partial charge >= 0.3 is 0 Å². The molecule has 3 nitrogen and oxygen atoms in total. The van der Waals surface area contributed by atoms with E-state index in [1.807, 2.05) is 0 Å². The molecule has 0 bridgehead atoms. The lowest BCUT2D eigenvalue weighted by Crippen LogP contribution is -2.21. The van der Waals surface area contributed by atoms with Crippen LogP contribution in [0.4, 0.5) is 0 Å². The molecule has 1 aliphatic carbocycles. The van der Waals surface area contributed by atoms with Crippen molar-refractivity contribution < 1.29 is 14.3 Å². The van der Waals surface area contributed by atoms with E-state index in [9.17, 15) is 4.79 Å². The van der Waals surface area contributed by atoms with Crippen LogP contribution in [0.1, 0.15) is 27.2 Å². The standard InChI is InChI=1S/C14H20O3/c1-5-6-16-13-11-9(8-17-13)7-10(15)12(11)14(2,3)4/h5,9,13H,1,6-8H2,2-4H3/t9-,13-/m0/s1. The number of ether oxygens (including phenoxy) is 2. The number of rotatable bonds is 3. The van der Waals surface area contributed by atoms with Crippen LogP contribution in [0, 0.1) is 11.3 Å². The molecule has 2 atom stereocenters. The lowest BCUT2D eigenvalue weighted by Gasteiger charge is -2.23. The first kappa shape index (κ1) is 12.5. The highest BCUT2D eigenvalue weighted by molar-refractivity contribution is 6.00. The van der Waals surface area contributed by atoms with Crippen molar-refractivity contribution in [1.82, 2.24) is 0 Å². The van der Waals surface area contributed by atoms with E-state index in [1.165, 1.54) is 0 Å². The largest absolute Gasteiger partial charge is 0.348 e. The van der Waals surface area contributed by atoms with Gasteiger partial charge < -0.3 is 9.47 Å². The van der Waals surface area contributed by atoms with Gasteiger partial charge in [-0.3, -0.25) is 4.79 Å². The van der Waals surface area contributed by atoms with Gasteiger partial charge in [0.2, 0.25) is 0 Å². The first-order valence-corrected chi connectivity index (χ1v) is 6.07. The molecule has 0 radical (unpaired) electrons. The summed E-state index contributed by atoms with van der Waals surface area (Å²) >= 11 is 0. The van der Waals surface area contributed by atoms with Crippen molar-refractivity contribution in [2.45, 2.75) is 33.5 Å². The first-order valence-electron chi connectivity index (χ1n) is 6.07. The lowest BCUT2D eigenvalue weighted by atomic mass is 9.83. The quantitative estimate of drug-likeness (QED) is 0.706. The monoisotopic (exact) mass is 236 g/mol. The van der Waals surface area contributed by atoms with Gasteiger partial charge in [0.1, 0.15) is 0 Å². The van der Waals surface area contributed by atoms with Gasteiger partial charge in [-0.05, 0) is 11.0 Å². The summed E-state index contributed by atoms with van der Waals surface area (Å²) in [7, 11) is 0. The zero-order valence-corrected chi connectivity index (χ0v) is 10.8. The summed E-state index contributed by atoms with van der Waals surface area (Å²) < 4.78 is 11.2. The number of ketones is 1. The van der Waals surface area contributed by atoms with Crippen LogP contribution in [-0.4, -0.2) is 25.3 Å². The summed E-state index contributed by atoms with van der Waals surface area (Å²) in [6.07, 6.45) is 1.93. The minimum absolute atomic E-state index is 0.134. The zero-order chi connectivity index (χ0) is 12.6. The van der Waals surface area contributed by atoms with Crippen molar-refractivity contribution in [3.8, 4) is 0 Å². The van der Waals surface area contributed by atoms with Crippen molar-refractivity contribution in [3.05, 3.63) is 23.8 Å². The average molecular weight is 236 g/mol. The molecule has 1 heterocycles. The number of fused-ring (bicyclic) bond motifs is 1. The SMILES string of the molecule is C=CCO[C@H]1OC[C@@H]2CC(=O)C(C(C)(C)C)=C21. The number of Topliss-reactive ketones (excluding diaryl/α,β-unsaturated/α-hetero) is 1. The van der Waals surface area contributed by atoms with Gasteiger partial charge in [-0.15, -0.1) is 6.58 Å². The van der Waals surface area contributed by atoms with Crippen molar-refractivity contribution in [1.29, 1.82) is 0 Å². The van der Waals surface area contributed by atoms with Crippen LogP contribution in [0.2, 0.25) is 0 Å². The van der Waals surface area contributed by atoms with E-state index < -0.39 is 0 Å². The fourth-order valence-corrected chi connectivity index (χ4v) is 2.70. The fourth-order valence-electron chi connectivity index (χ4n) is 2.70. The van der Waals surface area contributed by atoms with E-state index in [2.05, 4.69) is 27.4 Å². The number of hydrogen-bond donors (Lipinski definition) is 0. The van der Waals surface area contributed by atoms with Crippen LogP contribution in [-0.2, 0) is 14.3 Å². The van der Waals surface area contributed by atoms with E-state index in [4.69, 9.17) is 9.47 Å². The Labute approximate surface area is 102 Å². The van der Waals surface area contributed by atoms with Crippen LogP contribution in [0.3, 0.4) is 0 Å². The highest BCUT2D eigenvalue weighted by Gasteiger charge is 2.45. The molecule has 2 rings (SSSR count). The zero-order valence-electron chi connectivity index (χ0n) is 10.8. The minimum Gasteiger partial charge on any atom is -0.348 e. The highest BCUT2D eigenvalue weighted by atomic mass is 16.7. The molecule has 3 heteroatoms. The summed E-state index contributed by atoms with van der Waals surface area (Å²) in [4.78, 5) is 12.1. The first-order chi connectivity index (χ1) is 7.95. The Morgan fingerprint density at radius 1 is 1.53 bits per heavy atom. The molecular weight excluding hydrogens is 216 g/mol. The Morgan fingerprint density at radius 3 is 2.82 bits per heavy atom. The number of carbonyl (C=O) groups excluding carboxylic acids is 1. The average Bonchev–Trinajstić information content (AvgIpc) is 2.71. The van der Waals surface area contributed by atoms with Gasteiger partial charge in [0.25, 0.3) is 0 Å². The maximum Gasteiger partial charge on any atom is 0.181 e. The second-order valence-electron chi connectivity index (χ2n) is 5.69. The molecule has 0 aromatic heterocycles. The van der Waals surface area contributed by atoms with Crippen LogP contribution in [0.25, 0.3) is 0 Å². The lowest BCUT2D eigenvalue weighted by molar-refractivity contribution is -0.117. The topological polar surface area (TPSA) is 35.5 Å². The molecule has 0 spiro atoms. The van der Waals surface area contributed by atoms with E-state index in [0.29, 0.717) is 19.6 Å². The van der Waals surface area contributed by atoms with Gasteiger partial charge in [0, 0.05) is 17.9 Å². The maximum absolute atomic E-state index is 12.1. The predicted molar refractivity (Wildman–Crippen MR) is 65.5 cm³/mol. The third-order valence-corrected chi connectivity index (χ3v) is 3.26. The van der Waals surface area contributed by atoms with Gasteiger partial charge in [-0.1, -0.05) is 26.8 Å². The molecule has 0 amide bonds. The number of allylic oxidation sites excluding steroid dienone is 1.